The Hall–Kier alpha value is -5.68. The number of fused-ring (bicyclic) bond motifs is 5. The van der Waals surface area contributed by atoms with E-state index in [1.807, 2.05) is 31.4 Å². The Labute approximate surface area is 279 Å². The van der Waals surface area contributed by atoms with E-state index in [4.69, 9.17) is 14.4 Å². The van der Waals surface area contributed by atoms with E-state index in [0.717, 1.165) is 79.6 Å². The van der Waals surface area contributed by atoms with Crippen molar-refractivity contribution < 1.29 is 9.52 Å². The number of benzene rings is 5. The molecule has 1 aliphatic carbocycles. The smallest absolute Gasteiger partial charge is 0.144 e. The second kappa shape index (κ2) is 11.2. The van der Waals surface area contributed by atoms with Crippen LogP contribution in [0.15, 0.2) is 120 Å². The second-order valence-electron chi connectivity index (χ2n) is 13.1. The first-order valence-electron chi connectivity index (χ1n) is 16.8. The van der Waals surface area contributed by atoms with Crippen LogP contribution in [0.1, 0.15) is 47.9 Å². The van der Waals surface area contributed by atoms with Crippen molar-refractivity contribution in [2.24, 2.45) is 7.05 Å². The number of aromatic hydroxyl groups is 1. The first-order valence-corrected chi connectivity index (χ1v) is 16.8. The summed E-state index contributed by atoms with van der Waals surface area (Å²) in [5, 5.41) is 13.3. The van der Waals surface area contributed by atoms with Crippen LogP contribution >= 0.6 is 0 Å². The molecule has 0 bridgehead atoms. The third-order valence-electron chi connectivity index (χ3n) is 10.3. The average molecular weight is 626 g/mol. The lowest BCUT2D eigenvalue weighted by Crippen LogP contribution is -2.03. The maximum Gasteiger partial charge on any atom is 0.144 e. The summed E-state index contributed by atoms with van der Waals surface area (Å²) >= 11 is 0. The van der Waals surface area contributed by atoms with Crippen molar-refractivity contribution in [2.45, 2.75) is 38.5 Å². The van der Waals surface area contributed by atoms with Crippen molar-refractivity contribution in [3.63, 3.8) is 0 Å². The summed E-state index contributed by atoms with van der Waals surface area (Å²) in [6, 6.07) is 37.9. The van der Waals surface area contributed by atoms with Gasteiger partial charge in [-0.05, 0) is 96.5 Å². The number of phenolic OH excluding ortho intramolecular Hbond substituents is 1. The van der Waals surface area contributed by atoms with Gasteiger partial charge in [-0.15, -0.1) is 0 Å². The Morgan fingerprint density at radius 3 is 2.38 bits per heavy atom. The minimum absolute atomic E-state index is 0.228. The number of aryl methyl sites for hydroxylation is 3. The molecule has 0 fully saturated rings. The lowest BCUT2D eigenvalue weighted by Gasteiger charge is -2.17. The fraction of sp³-hybridized carbons (Fsp3) is 0.163. The predicted octanol–water partition coefficient (Wildman–Crippen LogP) is 10.6. The summed E-state index contributed by atoms with van der Waals surface area (Å²) in [5.74, 6) is 1.27. The molecule has 3 aromatic heterocycles. The maximum absolute atomic E-state index is 11.2. The van der Waals surface area contributed by atoms with Crippen LogP contribution in [-0.4, -0.2) is 19.6 Å². The summed E-state index contributed by atoms with van der Waals surface area (Å²) in [6.45, 7) is 2.24. The predicted molar refractivity (Wildman–Crippen MR) is 194 cm³/mol. The largest absolute Gasteiger partial charge is 0.507 e. The van der Waals surface area contributed by atoms with Crippen molar-refractivity contribution in [3.05, 3.63) is 138 Å². The number of phenols is 1. The number of para-hydroxylation sites is 2. The lowest BCUT2D eigenvalue weighted by molar-refractivity contribution is 0.474. The van der Waals surface area contributed by atoms with Gasteiger partial charge in [0.2, 0.25) is 0 Å². The molecule has 48 heavy (non-hydrogen) atoms. The van der Waals surface area contributed by atoms with Crippen LogP contribution in [-0.2, 0) is 19.9 Å². The Bertz CT molecular complexity index is 2510. The first kappa shape index (κ1) is 28.5. The molecule has 5 heteroatoms. The Morgan fingerprint density at radius 2 is 1.52 bits per heavy atom. The molecular formula is C43H35N3O2. The molecule has 8 aromatic rings. The molecule has 1 atom stereocenters. The molecule has 1 unspecified atom stereocenters. The van der Waals surface area contributed by atoms with Gasteiger partial charge in [-0.3, -0.25) is 4.98 Å². The molecule has 0 saturated carbocycles. The Balaban J connectivity index is 1.25. The van der Waals surface area contributed by atoms with Gasteiger partial charge in [0.05, 0.1) is 22.3 Å². The summed E-state index contributed by atoms with van der Waals surface area (Å²) in [4.78, 5) is 10.1. The highest BCUT2D eigenvalue weighted by atomic mass is 16.3. The SMILES string of the molecule is CC(c1ccccc1)c1ccnc(-c2cc(-c3cccc4c3nc(-c3cc5c(cc3O)CCCC5)n4C)c3oc4ccccc4c3c2)c1. The fourth-order valence-electron chi connectivity index (χ4n) is 7.61. The molecule has 9 rings (SSSR count). The van der Waals surface area contributed by atoms with Gasteiger partial charge >= 0.3 is 0 Å². The van der Waals surface area contributed by atoms with E-state index in [-0.39, 0.29) is 11.7 Å². The summed E-state index contributed by atoms with van der Waals surface area (Å²) < 4.78 is 8.70. The number of pyridine rings is 1. The monoisotopic (exact) mass is 625 g/mol. The van der Waals surface area contributed by atoms with Crippen molar-refractivity contribution in [2.75, 3.05) is 0 Å². The van der Waals surface area contributed by atoms with Crippen molar-refractivity contribution in [1.82, 2.24) is 14.5 Å². The molecule has 0 aliphatic heterocycles. The Morgan fingerprint density at radius 1 is 0.729 bits per heavy atom. The maximum atomic E-state index is 11.2. The highest BCUT2D eigenvalue weighted by Gasteiger charge is 2.22. The molecule has 3 heterocycles. The molecule has 0 saturated heterocycles. The molecule has 234 valence electrons. The van der Waals surface area contributed by atoms with E-state index < -0.39 is 0 Å². The molecule has 5 nitrogen and oxygen atoms in total. The highest BCUT2D eigenvalue weighted by molar-refractivity contribution is 6.13. The van der Waals surface area contributed by atoms with E-state index in [0.29, 0.717) is 0 Å². The normalized spacial score (nSPS) is 13.7. The number of hydrogen-bond donors (Lipinski definition) is 1. The zero-order valence-corrected chi connectivity index (χ0v) is 27.1. The van der Waals surface area contributed by atoms with Crippen LogP contribution in [0.5, 0.6) is 5.75 Å². The zero-order chi connectivity index (χ0) is 32.4. The standard InChI is InChI=1S/C43H35N3O2/c1-26(27-11-4-3-5-12-27)28-19-20-44-37(24-28)31-22-34-32-15-8-9-18-40(32)48-42(34)35(23-31)33-16-10-17-38-41(33)45-43(46(38)2)36-21-29-13-6-7-14-30(29)25-39(36)47/h3-5,8-12,15-26,47H,6-7,13-14H2,1-2H3. The van der Waals surface area contributed by atoms with Gasteiger partial charge in [0.15, 0.2) is 0 Å². The van der Waals surface area contributed by atoms with Gasteiger partial charge in [0, 0.05) is 46.6 Å². The van der Waals surface area contributed by atoms with Crippen LogP contribution in [0, 0.1) is 0 Å². The molecule has 5 aromatic carbocycles. The second-order valence-corrected chi connectivity index (χ2v) is 13.1. The van der Waals surface area contributed by atoms with E-state index >= 15 is 0 Å². The van der Waals surface area contributed by atoms with Gasteiger partial charge in [-0.1, -0.05) is 67.6 Å². The van der Waals surface area contributed by atoms with Gasteiger partial charge in [-0.25, -0.2) is 4.98 Å². The third kappa shape index (κ3) is 4.61. The molecule has 0 spiro atoms. The van der Waals surface area contributed by atoms with Crippen LogP contribution in [0.3, 0.4) is 0 Å². The van der Waals surface area contributed by atoms with Crippen LogP contribution in [0.2, 0.25) is 0 Å². The summed E-state index contributed by atoms with van der Waals surface area (Å²) in [7, 11) is 2.03. The Kier molecular flexibility index (Phi) is 6.68. The number of aromatic nitrogens is 3. The highest BCUT2D eigenvalue weighted by Crippen LogP contribution is 2.43. The topological polar surface area (TPSA) is 64.1 Å². The van der Waals surface area contributed by atoms with Gasteiger partial charge in [-0.2, -0.15) is 0 Å². The molecule has 1 aliphatic rings. The number of rotatable bonds is 5. The molecular weight excluding hydrogens is 590 g/mol. The minimum atomic E-state index is 0.228. The van der Waals surface area contributed by atoms with E-state index in [9.17, 15) is 5.11 Å². The van der Waals surface area contributed by atoms with Gasteiger partial charge < -0.3 is 14.1 Å². The molecule has 1 N–H and O–H groups in total. The fourth-order valence-corrected chi connectivity index (χ4v) is 7.61. The van der Waals surface area contributed by atoms with E-state index in [2.05, 4.69) is 102 Å². The van der Waals surface area contributed by atoms with Crippen molar-refractivity contribution in [3.8, 4) is 39.5 Å². The van der Waals surface area contributed by atoms with Gasteiger partial charge in [0.25, 0.3) is 0 Å². The van der Waals surface area contributed by atoms with Gasteiger partial charge in [0.1, 0.15) is 22.7 Å². The number of nitrogens with zero attached hydrogens (tertiary/aromatic N) is 3. The van der Waals surface area contributed by atoms with Crippen LogP contribution < -0.4 is 0 Å². The van der Waals surface area contributed by atoms with Crippen LogP contribution in [0.25, 0.3) is 66.7 Å². The summed E-state index contributed by atoms with van der Waals surface area (Å²) in [6.07, 6.45) is 6.31. The third-order valence-corrected chi connectivity index (χ3v) is 10.3. The van der Waals surface area contributed by atoms with E-state index in [1.54, 1.807) is 0 Å². The number of hydrogen-bond acceptors (Lipinski definition) is 4. The lowest BCUT2D eigenvalue weighted by atomic mass is 9.90. The number of imidazole rings is 1. The number of furan rings is 1. The average Bonchev–Trinajstić information content (AvgIpc) is 3.68. The first-order chi connectivity index (χ1) is 23.5. The van der Waals surface area contributed by atoms with Crippen molar-refractivity contribution in [1.29, 1.82) is 0 Å². The van der Waals surface area contributed by atoms with E-state index in [1.165, 1.54) is 35.1 Å². The molecule has 0 radical (unpaired) electrons. The summed E-state index contributed by atoms with van der Waals surface area (Å²) in [5.41, 5.74) is 13.2. The van der Waals surface area contributed by atoms with Crippen molar-refractivity contribution >= 4 is 33.0 Å². The van der Waals surface area contributed by atoms with Crippen LogP contribution in [0.4, 0.5) is 0 Å². The minimum Gasteiger partial charge on any atom is -0.507 e. The molecule has 0 amide bonds. The zero-order valence-electron chi connectivity index (χ0n) is 27.1. The quantitative estimate of drug-likeness (QED) is 0.207.